The van der Waals surface area contributed by atoms with E-state index in [0.29, 0.717) is 50.8 Å². The van der Waals surface area contributed by atoms with E-state index in [2.05, 4.69) is 51.4 Å². The molecule has 54 heavy (non-hydrogen) atoms. The van der Waals surface area contributed by atoms with Crippen molar-refractivity contribution in [2.24, 2.45) is 14.1 Å². The van der Waals surface area contributed by atoms with Gasteiger partial charge in [0.15, 0.2) is 30.4 Å². The fourth-order valence-corrected chi connectivity index (χ4v) is 5.49. The average molecular weight is 780 g/mol. The highest BCUT2D eigenvalue weighted by atomic mass is 35.5. The highest BCUT2D eigenvalue weighted by Crippen LogP contribution is 2.30. The number of benzene rings is 2. The molecule has 2 aromatic carbocycles. The van der Waals surface area contributed by atoms with Crippen molar-refractivity contribution in [1.82, 2.24) is 50.1 Å². The molecule has 8 rings (SSSR count). The van der Waals surface area contributed by atoms with Crippen molar-refractivity contribution in [1.29, 1.82) is 0 Å². The lowest BCUT2D eigenvalue weighted by Gasteiger charge is -2.18. The van der Waals surface area contributed by atoms with E-state index < -0.39 is 5.91 Å². The summed E-state index contributed by atoms with van der Waals surface area (Å²) in [6.07, 6.45) is 2.56. The number of ether oxygens (including phenoxy) is 2. The summed E-state index contributed by atoms with van der Waals surface area (Å²) < 4.78 is 13.5. The van der Waals surface area contributed by atoms with Gasteiger partial charge in [0.2, 0.25) is 0 Å². The molecule has 0 saturated carbocycles. The zero-order valence-corrected chi connectivity index (χ0v) is 30.1. The number of nitrogens with zero attached hydrogens (tertiary/aromatic N) is 8. The number of nitrogens with one attached hydrogen (secondary N) is 4. The van der Waals surface area contributed by atoms with Crippen molar-refractivity contribution >= 4 is 93.5 Å². The predicted molar refractivity (Wildman–Crippen MR) is 199 cm³/mol. The lowest BCUT2D eigenvalue weighted by Crippen LogP contribution is -2.26. The van der Waals surface area contributed by atoms with Crippen molar-refractivity contribution in [2.75, 3.05) is 35.3 Å². The summed E-state index contributed by atoms with van der Waals surface area (Å²) in [6.45, 7) is 0.497. The fraction of sp³-hybridized carbons (Fsp3) is 0.188. The first-order valence-corrected chi connectivity index (χ1v) is 15.6. The lowest BCUT2D eigenvalue weighted by molar-refractivity contribution is -0.119. The van der Waals surface area contributed by atoms with Crippen LogP contribution in [0.2, 0.25) is 0 Å². The first kappa shape index (κ1) is 38.4. The second kappa shape index (κ2) is 15.8. The van der Waals surface area contributed by atoms with Crippen LogP contribution < -0.4 is 42.2 Å². The highest BCUT2D eigenvalue weighted by Gasteiger charge is 2.21. The Labute approximate surface area is 317 Å². The Balaban J connectivity index is 0.000000200. The third-order valence-electron chi connectivity index (χ3n) is 8.00. The predicted octanol–water partition coefficient (Wildman–Crippen LogP) is 1.26. The second-order valence-electron chi connectivity index (χ2n) is 11.6. The van der Waals surface area contributed by atoms with Gasteiger partial charge in [-0.2, -0.15) is 10.2 Å². The maximum atomic E-state index is 12.6. The number of aryl methyl sites for hydroxylation is 2. The second-order valence-corrected chi connectivity index (χ2v) is 11.6. The molecule has 6 aromatic rings. The molecule has 6 heterocycles. The summed E-state index contributed by atoms with van der Waals surface area (Å²) in [5, 5.41) is 19.3. The lowest BCUT2D eigenvalue weighted by atomic mass is 10.1. The quantitative estimate of drug-likeness (QED) is 0.139. The number of hydrogen-bond donors (Lipinski definition) is 6. The maximum Gasteiger partial charge on any atom is 0.272 e. The highest BCUT2D eigenvalue weighted by molar-refractivity contribution is 6.05. The molecule has 0 fully saturated rings. The normalized spacial score (nSPS) is 12.6. The number of fused-ring (bicyclic) bond motifs is 4. The Bertz CT molecular complexity index is 2430. The molecule has 0 bridgehead atoms. The van der Waals surface area contributed by atoms with Crippen molar-refractivity contribution in [3.63, 3.8) is 0 Å². The molecule has 0 aliphatic carbocycles. The summed E-state index contributed by atoms with van der Waals surface area (Å²) in [4.78, 5) is 64.1. The molecular formula is C32H32Cl2N14O6. The molecule has 4 amide bonds. The van der Waals surface area contributed by atoms with Gasteiger partial charge in [0, 0.05) is 27.2 Å². The van der Waals surface area contributed by atoms with E-state index in [0.717, 1.165) is 11.1 Å². The van der Waals surface area contributed by atoms with Crippen LogP contribution in [0.15, 0.2) is 49.1 Å². The number of amides is 4. The number of carbonyl (C=O) groups excluding carboxylic acids is 4. The minimum absolute atomic E-state index is 0. The summed E-state index contributed by atoms with van der Waals surface area (Å²) in [5.41, 5.74) is 16.4. The van der Waals surface area contributed by atoms with E-state index in [4.69, 9.17) is 20.9 Å². The van der Waals surface area contributed by atoms with E-state index in [9.17, 15) is 19.2 Å². The van der Waals surface area contributed by atoms with E-state index >= 15 is 0 Å². The largest absolute Gasteiger partial charge is 0.482 e. The number of anilines is 4. The zero-order chi connectivity index (χ0) is 36.5. The molecule has 8 N–H and O–H groups in total. The van der Waals surface area contributed by atoms with Crippen LogP contribution in [0.25, 0.3) is 22.1 Å². The smallest absolute Gasteiger partial charge is 0.272 e. The summed E-state index contributed by atoms with van der Waals surface area (Å²) in [7, 11) is 3.34. The zero-order valence-electron chi connectivity index (χ0n) is 28.4. The molecular weight excluding hydrogens is 747 g/mol. The topological polar surface area (TPSA) is 274 Å². The summed E-state index contributed by atoms with van der Waals surface area (Å²) >= 11 is 0. The Morgan fingerprint density at radius 3 is 1.81 bits per heavy atom. The van der Waals surface area contributed by atoms with Crippen LogP contribution in [0.1, 0.15) is 32.1 Å². The standard InChI is InChI=1S/2C16H15N7O3.2ClH/c1-23-14-12(15(17)22-23)19-7-20-13(14)16(25)18-5-8-2-3-10-9(4-8)21-11(24)6-26-10;1-23-15(17)13-12(22-23)14(20-7-19-13)16(25)18-5-8-2-3-10-9(4-8)21-11(24)6-26-10;;/h2-4,7H,5-6H2,1H3,(H2,17,22)(H,18,25)(H,21,24);2-4,7H,5-6,17H2,1H3,(H,18,25)(H,21,24);2*1H. The van der Waals surface area contributed by atoms with E-state index in [1.54, 1.807) is 38.4 Å². The number of nitrogens with two attached hydrogens (primary N) is 2. The van der Waals surface area contributed by atoms with Gasteiger partial charge >= 0.3 is 0 Å². The van der Waals surface area contributed by atoms with Crippen molar-refractivity contribution in [3.8, 4) is 11.5 Å². The van der Waals surface area contributed by atoms with Gasteiger partial charge in [0.25, 0.3) is 23.6 Å². The van der Waals surface area contributed by atoms with Gasteiger partial charge in [0.1, 0.15) is 52.0 Å². The third-order valence-corrected chi connectivity index (χ3v) is 8.00. The van der Waals surface area contributed by atoms with Crippen molar-refractivity contribution in [3.05, 3.63) is 71.6 Å². The van der Waals surface area contributed by atoms with E-state index in [-0.39, 0.29) is 86.0 Å². The third kappa shape index (κ3) is 7.68. The summed E-state index contributed by atoms with van der Waals surface area (Å²) in [6, 6.07) is 10.6. The molecule has 0 saturated heterocycles. The number of rotatable bonds is 6. The van der Waals surface area contributed by atoms with Gasteiger partial charge in [-0.3, -0.25) is 28.5 Å². The van der Waals surface area contributed by atoms with Crippen LogP contribution in [0.5, 0.6) is 11.5 Å². The van der Waals surface area contributed by atoms with Gasteiger partial charge in [0.05, 0.1) is 11.4 Å². The maximum absolute atomic E-state index is 12.6. The van der Waals surface area contributed by atoms with Gasteiger partial charge in [-0.25, -0.2) is 19.9 Å². The molecule has 0 spiro atoms. The van der Waals surface area contributed by atoms with Crippen molar-refractivity contribution in [2.45, 2.75) is 13.1 Å². The Morgan fingerprint density at radius 2 is 1.24 bits per heavy atom. The molecule has 20 nitrogen and oxygen atoms in total. The Hall–Kier alpha value is -6.80. The number of carbonyl (C=O) groups is 4. The van der Waals surface area contributed by atoms with Crippen LogP contribution >= 0.6 is 24.8 Å². The monoisotopic (exact) mass is 778 g/mol. The number of hydrogen-bond acceptors (Lipinski definition) is 14. The van der Waals surface area contributed by atoms with Gasteiger partial charge < -0.3 is 42.2 Å². The minimum Gasteiger partial charge on any atom is -0.482 e. The van der Waals surface area contributed by atoms with Crippen LogP contribution in [-0.4, -0.2) is 76.3 Å². The average Bonchev–Trinajstić information content (AvgIpc) is 3.61. The fourth-order valence-electron chi connectivity index (χ4n) is 5.49. The molecule has 2 aliphatic rings. The van der Waals surface area contributed by atoms with Gasteiger partial charge in [-0.15, -0.1) is 24.8 Å². The van der Waals surface area contributed by atoms with Crippen LogP contribution in [0.3, 0.4) is 0 Å². The van der Waals surface area contributed by atoms with E-state index in [1.165, 1.54) is 22.0 Å². The number of aromatic nitrogens is 8. The molecule has 2 aliphatic heterocycles. The first-order chi connectivity index (χ1) is 25.0. The van der Waals surface area contributed by atoms with E-state index in [1.807, 2.05) is 12.1 Å². The first-order valence-electron chi connectivity index (χ1n) is 15.6. The van der Waals surface area contributed by atoms with Crippen LogP contribution in [0.4, 0.5) is 23.0 Å². The summed E-state index contributed by atoms with van der Waals surface area (Å²) in [5.74, 6) is 0.604. The number of halogens is 2. The van der Waals surface area contributed by atoms with Crippen molar-refractivity contribution < 1.29 is 28.7 Å². The molecule has 0 unspecified atom stereocenters. The van der Waals surface area contributed by atoms with Crippen LogP contribution in [-0.2, 0) is 36.8 Å². The number of nitrogen functional groups attached to an aromatic ring is 2. The SMILES string of the molecule is Cl.Cl.Cn1nc(N)c2ncnc(C(=O)NCc3ccc4c(c3)NC(=O)CO4)c21.Cn1nc2c(C(=O)NCc3ccc4c(c3)NC(=O)CO4)ncnc2c1N. The van der Waals surface area contributed by atoms with Gasteiger partial charge in [-0.05, 0) is 35.4 Å². The molecule has 4 aromatic heterocycles. The molecule has 22 heteroatoms. The Kier molecular flexibility index (Phi) is 11.3. The Morgan fingerprint density at radius 1 is 0.722 bits per heavy atom. The van der Waals surface area contributed by atoms with Crippen LogP contribution in [0, 0.1) is 0 Å². The molecule has 280 valence electrons. The molecule has 0 atom stereocenters. The minimum atomic E-state index is -0.395. The molecule has 0 radical (unpaired) electrons. The van der Waals surface area contributed by atoms with Gasteiger partial charge in [-0.1, -0.05) is 12.1 Å².